The first kappa shape index (κ1) is 21.1. The van der Waals surface area contributed by atoms with Crippen LogP contribution in [0.2, 0.25) is 0 Å². The summed E-state index contributed by atoms with van der Waals surface area (Å²) in [4.78, 5) is 14.9. The van der Waals surface area contributed by atoms with Crippen molar-refractivity contribution in [3.05, 3.63) is 29.8 Å². The minimum atomic E-state index is -0.323. The van der Waals surface area contributed by atoms with Gasteiger partial charge in [-0.1, -0.05) is 0 Å². The largest absolute Gasteiger partial charge is 0.489 e. The maximum Gasteiger partial charge on any atom is 0.230 e. The zero-order valence-electron chi connectivity index (χ0n) is 19.4. The molecule has 1 N–H and O–H groups in total. The molecule has 0 spiro atoms. The van der Waals surface area contributed by atoms with Crippen molar-refractivity contribution in [3.63, 3.8) is 0 Å². The number of nitrogens with one attached hydrogen (secondary N) is 1. The highest BCUT2D eigenvalue weighted by atomic mass is 19.1. The predicted molar refractivity (Wildman–Crippen MR) is 125 cm³/mol. The van der Waals surface area contributed by atoms with Gasteiger partial charge in [0.05, 0.1) is 24.0 Å². The summed E-state index contributed by atoms with van der Waals surface area (Å²) in [7, 11) is 0. The van der Waals surface area contributed by atoms with Crippen molar-refractivity contribution in [2.45, 2.75) is 82.9 Å². The minimum Gasteiger partial charge on any atom is -0.489 e. The summed E-state index contributed by atoms with van der Waals surface area (Å²) in [6.07, 6.45) is 12.7. The van der Waals surface area contributed by atoms with Crippen molar-refractivity contribution in [3.8, 4) is 16.9 Å². The molecule has 0 bridgehead atoms. The van der Waals surface area contributed by atoms with Crippen molar-refractivity contribution < 1.29 is 13.9 Å². The second-order valence-corrected chi connectivity index (χ2v) is 10.3. The summed E-state index contributed by atoms with van der Waals surface area (Å²) in [5.74, 6) is 0.567. The van der Waals surface area contributed by atoms with Crippen molar-refractivity contribution in [1.82, 2.24) is 15.1 Å². The van der Waals surface area contributed by atoms with Crippen LogP contribution in [0.1, 0.15) is 69.9 Å². The molecule has 1 aromatic heterocycles. The number of hydrogen-bond donors (Lipinski definition) is 1. The number of carbonyl (C=O) groups excluding carboxylic acids is 1. The number of nitrogens with zero attached hydrogens (tertiary/aromatic N) is 3. The lowest BCUT2D eigenvalue weighted by Gasteiger charge is -2.38. The minimum absolute atomic E-state index is 0.00478. The zero-order chi connectivity index (χ0) is 22.5. The van der Waals surface area contributed by atoms with E-state index < -0.39 is 0 Å². The van der Waals surface area contributed by atoms with Crippen LogP contribution in [0.25, 0.3) is 11.1 Å². The molecular weight excluding hydrogens is 419 g/mol. The Bertz CT molecular complexity index is 1050. The third-order valence-corrected chi connectivity index (χ3v) is 7.89. The van der Waals surface area contributed by atoms with Gasteiger partial charge in [-0.05, 0) is 83.9 Å². The molecule has 0 radical (unpaired) electrons. The lowest BCUT2D eigenvalue weighted by atomic mass is 9.90. The molecule has 4 aliphatic rings. The molecular formula is C26H33FN4O2. The third-order valence-electron chi connectivity index (χ3n) is 7.89. The molecule has 1 aromatic carbocycles. The van der Waals surface area contributed by atoms with E-state index in [-0.39, 0.29) is 29.8 Å². The first-order chi connectivity index (χ1) is 16.1. The van der Waals surface area contributed by atoms with Gasteiger partial charge in [-0.3, -0.25) is 9.48 Å². The van der Waals surface area contributed by atoms with Gasteiger partial charge in [0, 0.05) is 34.8 Å². The van der Waals surface area contributed by atoms with Crippen LogP contribution in [-0.4, -0.2) is 40.9 Å². The zero-order valence-corrected chi connectivity index (χ0v) is 19.4. The van der Waals surface area contributed by atoms with Crippen LogP contribution in [0.15, 0.2) is 18.5 Å². The van der Waals surface area contributed by atoms with Gasteiger partial charge < -0.3 is 15.0 Å². The van der Waals surface area contributed by atoms with Crippen LogP contribution in [0.5, 0.6) is 5.75 Å². The number of carbonyl (C=O) groups is 1. The molecule has 2 aliphatic heterocycles. The number of anilines is 1. The summed E-state index contributed by atoms with van der Waals surface area (Å²) < 4.78 is 24.3. The molecule has 6 rings (SSSR count). The van der Waals surface area contributed by atoms with Crippen molar-refractivity contribution in [1.29, 1.82) is 0 Å². The van der Waals surface area contributed by atoms with Gasteiger partial charge in [-0.15, -0.1) is 0 Å². The Labute approximate surface area is 194 Å². The molecule has 2 aromatic rings. The predicted octanol–water partition coefficient (Wildman–Crippen LogP) is 4.62. The fourth-order valence-electron chi connectivity index (χ4n) is 5.48. The van der Waals surface area contributed by atoms with E-state index in [2.05, 4.69) is 10.4 Å². The molecule has 1 saturated heterocycles. The highest BCUT2D eigenvalue weighted by Crippen LogP contribution is 2.47. The van der Waals surface area contributed by atoms with E-state index in [1.165, 1.54) is 6.42 Å². The fourth-order valence-corrected chi connectivity index (χ4v) is 5.48. The number of fused-ring (bicyclic) bond motifs is 1. The number of piperidine rings is 1. The molecule has 2 aliphatic carbocycles. The Kier molecular flexibility index (Phi) is 5.40. The quantitative estimate of drug-likeness (QED) is 0.719. The summed E-state index contributed by atoms with van der Waals surface area (Å²) >= 11 is 0. The lowest BCUT2D eigenvalue weighted by molar-refractivity contribution is -0.120. The Hall–Kier alpha value is -2.41. The van der Waals surface area contributed by atoms with Gasteiger partial charge in [0.1, 0.15) is 11.6 Å². The Balaban J connectivity index is 1.43. The van der Waals surface area contributed by atoms with E-state index in [0.29, 0.717) is 11.7 Å². The molecule has 3 heterocycles. The first-order valence-corrected chi connectivity index (χ1v) is 12.7. The van der Waals surface area contributed by atoms with Crippen molar-refractivity contribution in [2.24, 2.45) is 5.92 Å². The Morgan fingerprint density at radius 1 is 1.15 bits per heavy atom. The molecule has 2 saturated carbocycles. The van der Waals surface area contributed by atoms with Crippen LogP contribution < -0.4 is 15.0 Å². The maximum absolute atomic E-state index is 15.8. The average Bonchev–Trinajstić information content (AvgIpc) is 3.54. The summed E-state index contributed by atoms with van der Waals surface area (Å²) in [6.45, 7) is 4.02. The van der Waals surface area contributed by atoms with Crippen LogP contribution in [0, 0.1) is 11.7 Å². The second-order valence-electron chi connectivity index (χ2n) is 10.3. The average molecular weight is 453 g/mol. The molecule has 3 fully saturated rings. The number of amides is 1. The summed E-state index contributed by atoms with van der Waals surface area (Å²) in [6, 6.07) is 1.96. The SMILES string of the molecule is C[C@H]1CCc2c(OC3CCC3)c(-c3cnn(C4CCNCC4)c3)cc(F)c2N1C(=O)C1CC1. The van der Waals surface area contributed by atoms with Crippen molar-refractivity contribution in [2.75, 3.05) is 18.0 Å². The van der Waals surface area contributed by atoms with Gasteiger partial charge in [0.15, 0.2) is 0 Å². The number of rotatable bonds is 5. The fraction of sp³-hybridized carbons (Fsp3) is 0.615. The van der Waals surface area contributed by atoms with E-state index in [4.69, 9.17) is 4.74 Å². The number of aromatic nitrogens is 2. The monoisotopic (exact) mass is 452 g/mol. The van der Waals surface area contributed by atoms with Gasteiger partial charge in [-0.2, -0.15) is 5.10 Å². The second kappa shape index (κ2) is 8.42. The highest BCUT2D eigenvalue weighted by molar-refractivity contribution is 5.99. The summed E-state index contributed by atoms with van der Waals surface area (Å²) in [5.41, 5.74) is 2.98. The maximum atomic E-state index is 15.8. The van der Waals surface area contributed by atoms with Crippen LogP contribution in [0.3, 0.4) is 0 Å². The number of halogens is 1. The van der Waals surface area contributed by atoms with E-state index >= 15 is 4.39 Å². The van der Waals surface area contributed by atoms with Crippen LogP contribution in [0.4, 0.5) is 10.1 Å². The normalized spacial score (nSPS) is 23.8. The molecule has 176 valence electrons. The van der Waals surface area contributed by atoms with Gasteiger partial charge in [-0.25, -0.2) is 4.39 Å². The topological polar surface area (TPSA) is 59.4 Å². The van der Waals surface area contributed by atoms with E-state index in [9.17, 15) is 4.79 Å². The molecule has 0 unspecified atom stereocenters. The number of benzene rings is 1. The van der Waals surface area contributed by atoms with Crippen molar-refractivity contribution >= 4 is 11.6 Å². The van der Waals surface area contributed by atoms with Gasteiger partial charge in [0.2, 0.25) is 5.91 Å². The molecule has 1 amide bonds. The molecule has 7 heteroatoms. The molecule has 33 heavy (non-hydrogen) atoms. The number of hydrogen-bond acceptors (Lipinski definition) is 4. The van der Waals surface area contributed by atoms with Gasteiger partial charge in [0.25, 0.3) is 0 Å². The Morgan fingerprint density at radius 3 is 2.64 bits per heavy atom. The lowest BCUT2D eigenvalue weighted by Crippen LogP contribution is -2.44. The van der Waals surface area contributed by atoms with Gasteiger partial charge >= 0.3 is 0 Å². The smallest absolute Gasteiger partial charge is 0.230 e. The van der Waals surface area contributed by atoms with E-state index in [0.717, 1.165) is 86.9 Å². The first-order valence-electron chi connectivity index (χ1n) is 12.7. The Morgan fingerprint density at radius 2 is 1.94 bits per heavy atom. The van der Waals surface area contributed by atoms with E-state index in [1.807, 2.05) is 24.0 Å². The van der Waals surface area contributed by atoms with E-state index in [1.54, 1.807) is 11.0 Å². The highest BCUT2D eigenvalue weighted by Gasteiger charge is 2.41. The summed E-state index contributed by atoms with van der Waals surface area (Å²) in [5, 5.41) is 8.04. The van der Waals surface area contributed by atoms with Crippen LogP contribution >= 0.6 is 0 Å². The molecule has 1 atom stereocenters. The molecule has 6 nitrogen and oxygen atoms in total. The standard InChI is InChI=1S/C26H33FN4O2/c1-16-5-8-21-24(31(16)26(32)17-6-7-17)23(27)13-22(25(21)33-20-3-2-4-20)18-14-29-30(15-18)19-9-11-28-12-10-19/h13-17,19-20,28H,2-12H2,1H3/t16-/m0/s1. The number of ether oxygens (including phenoxy) is 1. The van der Waals surface area contributed by atoms with Crippen LogP contribution in [-0.2, 0) is 11.2 Å². The third kappa shape index (κ3) is 3.84.